The van der Waals surface area contributed by atoms with Gasteiger partial charge in [-0.2, -0.15) is 0 Å². The molecule has 0 radical (unpaired) electrons. The molecule has 1 heterocycles. The lowest BCUT2D eigenvalue weighted by atomic mass is 9.82. The van der Waals surface area contributed by atoms with Gasteiger partial charge >= 0.3 is 0 Å². The van der Waals surface area contributed by atoms with Crippen molar-refractivity contribution in [2.24, 2.45) is 17.2 Å². The quantitative estimate of drug-likeness (QED) is 0.525. The standard InChI is InChI=1S/C14H27N5O/c1-6-20-9-13-17-11(7-12(18-13)19-15)16-8-10(2)14(3,4)5/h7,10H,6,8-9,15H2,1-5H3,(H2,16,17,18,19). The molecule has 1 atom stereocenters. The molecule has 0 fully saturated rings. The van der Waals surface area contributed by atoms with Gasteiger partial charge in [0.25, 0.3) is 0 Å². The van der Waals surface area contributed by atoms with Gasteiger partial charge in [0.15, 0.2) is 5.82 Å². The molecule has 0 bridgehead atoms. The summed E-state index contributed by atoms with van der Waals surface area (Å²) in [5.41, 5.74) is 2.81. The van der Waals surface area contributed by atoms with Crippen LogP contribution in [0.15, 0.2) is 6.07 Å². The zero-order chi connectivity index (χ0) is 15.2. The fourth-order valence-electron chi connectivity index (χ4n) is 1.48. The van der Waals surface area contributed by atoms with Crippen molar-refractivity contribution in [3.05, 3.63) is 11.9 Å². The second-order valence-corrected chi connectivity index (χ2v) is 5.98. The van der Waals surface area contributed by atoms with E-state index in [-0.39, 0.29) is 5.41 Å². The molecule has 1 aromatic heterocycles. The Morgan fingerprint density at radius 3 is 2.50 bits per heavy atom. The normalized spacial score (nSPS) is 13.1. The van der Waals surface area contributed by atoms with E-state index in [1.807, 2.05) is 6.92 Å². The molecule has 114 valence electrons. The number of aromatic nitrogens is 2. The fraction of sp³-hybridized carbons (Fsp3) is 0.714. The molecule has 0 aliphatic rings. The predicted octanol–water partition coefficient (Wildman–Crippen LogP) is 2.39. The monoisotopic (exact) mass is 281 g/mol. The molecule has 0 aliphatic heterocycles. The molecule has 0 aromatic carbocycles. The van der Waals surface area contributed by atoms with Crippen LogP contribution in [0.25, 0.3) is 0 Å². The van der Waals surface area contributed by atoms with E-state index < -0.39 is 0 Å². The number of nitrogens with one attached hydrogen (secondary N) is 2. The van der Waals surface area contributed by atoms with E-state index >= 15 is 0 Å². The van der Waals surface area contributed by atoms with Gasteiger partial charge in [-0.1, -0.05) is 27.7 Å². The minimum Gasteiger partial charge on any atom is -0.374 e. The smallest absolute Gasteiger partial charge is 0.158 e. The maximum atomic E-state index is 5.43. The first-order valence-corrected chi connectivity index (χ1v) is 7.03. The molecule has 0 saturated carbocycles. The molecular formula is C14H27N5O. The number of anilines is 2. The van der Waals surface area contributed by atoms with E-state index in [2.05, 4.69) is 48.4 Å². The number of hydrogen-bond donors (Lipinski definition) is 3. The highest BCUT2D eigenvalue weighted by molar-refractivity contribution is 5.46. The van der Waals surface area contributed by atoms with Gasteiger partial charge in [0.05, 0.1) is 0 Å². The van der Waals surface area contributed by atoms with Crippen molar-refractivity contribution in [3.63, 3.8) is 0 Å². The molecule has 4 N–H and O–H groups in total. The second-order valence-electron chi connectivity index (χ2n) is 5.98. The molecular weight excluding hydrogens is 254 g/mol. The number of ether oxygens (including phenoxy) is 1. The number of nitrogen functional groups attached to an aromatic ring is 1. The number of nitrogens with two attached hydrogens (primary N) is 1. The Hall–Kier alpha value is -1.40. The number of rotatable bonds is 7. The summed E-state index contributed by atoms with van der Waals surface area (Å²) in [6.07, 6.45) is 0. The molecule has 0 saturated heterocycles. The average molecular weight is 281 g/mol. The van der Waals surface area contributed by atoms with Crippen LogP contribution in [0.4, 0.5) is 11.6 Å². The molecule has 20 heavy (non-hydrogen) atoms. The third-order valence-electron chi connectivity index (χ3n) is 3.42. The largest absolute Gasteiger partial charge is 0.374 e. The van der Waals surface area contributed by atoms with Crippen molar-refractivity contribution in [1.29, 1.82) is 0 Å². The summed E-state index contributed by atoms with van der Waals surface area (Å²) in [4.78, 5) is 8.68. The van der Waals surface area contributed by atoms with E-state index in [9.17, 15) is 0 Å². The van der Waals surface area contributed by atoms with E-state index in [0.29, 0.717) is 30.8 Å². The molecule has 1 aromatic rings. The second kappa shape index (κ2) is 7.40. The summed E-state index contributed by atoms with van der Waals surface area (Å²) >= 11 is 0. The van der Waals surface area contributed by atoms with Crippen LogP contribution in [0.3, 0.4) is 0 Å². The van der Waals surface area contributed by atoms with Gasteiger partial charge in [-0.25, -0.2) is 15.8 Å². The van der Waals surface area contributed by atoms with Gasteiger partial charge < -0.3 is 15.5 Å². The summed E-state index contributed by atoms with van der Waals surface area (Å²) in [7, 11) is 0. The molecule has 0 aliphatic carbocycles. The molecule has 6 heteroatoms. The number of hydrogen-bond acceptors (Lipinski definition) is 6. The van der Waals surface area contributed by atoms with Crippen molar-refractivity contribution < 1.29 is 4.74 Å². The molecule has 0 amide bonds. The average Bonchev–Trinajstić information content (AvgIpc) is 2.41. The van der Waals surface area contributed by atoms with Crippen molar-refractivity contribution in [2.45, 2.75) is 41.2 Å². The van der Waals surface area contributed by atoms with Crippen LogP contribution < -0.4 is 16.6 Å². The highest BCUT2D eigenvalue weighted by Gasteiger charge is 2.19. The fourth-order valence-corrected chi connectivity index (χ4v) is 1.48. The maximum Gasteiger partial charge on any atom is 0.158 e. The molecule has 6 nitrogen and oxygen atoms in total. The first-order chi connectivity index (χ1) is 9.36. The lowest BCUT2D eigenvalue weighted by Gasteiger charge is -2.27. The van der Waals surface area contributed by atoms with Gasteiger partial charge in [-0.05, 0) is 18.3 Å². The van der Waals surface area contributed by atoms with Crippen LogP contribution in [0.5, 0.6) is 0 Å². The first kappa shape index (κ1) is 16.7. The first-order valence-electron chi connectivity index (χ1n) is 7.03. The van der Waals surface area contributed by atoms with E-state index in [0.717, 1.165) is 12.4 Å². The van der Waals surface area contributed by atoms with E-state index in [4.69, 9.17) is 10.6 Å². The lowest BCUT2D eigenvalue weighted by molar-refractivity contribution is 0.128. The zero-order valence-electron chi connectivity index (χ0n) is 13.2. The number of hydrazine groups is 1. The lowest BCUT2D eigenvalue weighted by Crippen LogP contribution is -2.25. The Morgan fingerprint density at radius 1 is 1.30 bits per heavy atom. The molecule has 1 rings (SSSR count). The minimum absolute atomic E-state index is 0.253. The third kappa shape index (κ3) is 5.30. The SMILES string of the molecule is CCOCc1nc(NN)cc(NCC(C)C(C)(C)C)n1. The summed E-state index contributed by atoms with van der Waals surface area (Å²) in [6, 6.07) is 1.80. The van der Waals surface area contributed by atoms with Gasteiger partial charge in [0.1, 0.15) is 18.2 Å². The molecule has 1 unspecified atom stereocenters. The summed E-state index contributed by atoms with van der Waals surface area (Å²) in [6.45, 7) is 12.7. The van der Waals surface area contributed by atoms with Crippen molar-refractivity contribution in [2.75, 3.05) is 23.9 Å². The van der Waals surface area contributed by atoms with Crippen molar-refractivity contribution in [1.82, 2.24) is 9.97 Å². The van der Waals surface area contributed by atoms with E-state index in [1.54, 1.807) is 6.07 Å². The topological polar surface area (TPSA) is 85.1 Å². The predicted molar refractivity (Wildman–Crippen MR) is 82.3 cm³/mol. The zero-order valence-corrected chi connectivity index (χ0v) is 13.2. The Balaban J connectivity index is 2.73. The Morgan fingerprint density at radius 2 is 1.95 bits per heavy atom. The van der Waals surface area contributed by atoms with Crippen molar-refractivity contribution in [3.8, 4) is 0 Å². The third-order valence-corrected chi connectivity index (χ3v) is 3.42. The van der Waals surface area contributed by atoms with Gasteiger partial charge in [0, 0.05) is 19.2 Å². The van der Waals surface area contributed by atoms with Gasteiger partial charge in [0.2, 0.25) is 0 Å². The van der Waals surface area contributed by atoms with E-state index in [1.165, 1.54) is 0 Å². The van der Waals surface area contributed by atoms with Crippen LogP contribution in [0.1, 0.15) is 40.4 Å². The van der Waals surface area contributed by atoms with Crippen LogP contribution in [-0.4, -0.2) is 23.1 Å². The van der Waals surface area contributed by atoms with Crippen LogP contribution in [0.2, 0.25) is 0 Å². The maximum absolute atomic E-state index is 5.43. The summed E-state index contributed by atoms with van der Waals surface area (Å²) < 4.78 is 5.33. The summed E-state index contributed by atoms with van der Waals surface area (Å²) in [5, 5.41) is 3.34. The summed E-state index contributed by atoms with van der Waals surface area (Å²) in [5.74, 6) is 7.91. The molecule has 0 spiro atoms. The van der Waals surface area contributed by atoms with Crippen molar-refractivity contribution >= 4 is 11.6 Å². The number of nitrogens with zero attached hydrogens (tertiary/aromatic N) is 2. The Bertz CT molecular complexity index is 417. The highest BCUT2D eigenvalue weighted by Crippen LogP contribution is 2.25. The Labute approximate surface area is 121 Å². The highest BCUT2D eigenvalue weighted by atomic mass is 16.5. The van der Waals surface area contributed by atoms with Gasteiger partial charge in [-0.3, -0.25) is 0 Å². The Kier molecular flexibility index (Phi) is 6.16. The van der Waals surface area contributed by atoms with Crippen LogP contribution in [0, 0.1) is 11.3 Å². The van der Waals surface area contributed by atoms with Gasteiger partial charge in [-0.15, -0.1) is 0 Å². The minimum atomic E-state index is 0.253. The van der Waals surface area contributed by atoms with Crippen LogP contribution >= 0.6 is 0 Å². The van der Waals surface area contributed by atoms with Crippen LogP contribution in [-0.2, 0) is 11.3 Å².